The number of benzene rings is 1. The minimum atomic E-state index is -1.48. The van der Waals surface area contributed by atoms with Crippen molar-refractivity contribution in [1.29, 1.82) is 0 Å². The summed E-state index contributed by atoms with van der Waals surface area (Å²) < 4.78 is 12.6. The fraction of sp³-hybridized carbons (Fsp3) is 0.845. The van der Waals surface area contributed by atoms with Gasteiger partial charge in [-0.1, -0.05) is 103 Å². The maximum atomic E-state index is 13.7. The van der Waals surface area contributed by atoms with Crippen LogP contribution in [0.1, 0.15) is 187 Å². The smallest absolute Gasteiger partial charge is 0.309 e. The van der Waals surface area contributed by atoms with Crippen LogP contribution in [-0.2, 0) is 27.1 Å². The lowest BCUT2D eigenvalue weighted by Crippen LogP contribution is -2.82. The quantitative estimate of drug-likeness (QED) is 0.154. The van der Waals surface area contributed by atoms with Crippen LogP contribution >= 0.6 is 0 Å². The Kier molecular flexibility index (Phi) is 11.7. The molecule has 360 valence electrons. The third-order valence-electron chi connectivity index (χ3n) is 23.7. The van der Waals surface area contributed by atoms with Crippen LogP contribution in [0.5, 0.6) is 0 Å². The van der Waals surface area contributed by atoms with Crippen molar-refractivity contribution in [2.45, 2.75) is 207 Å². The molecule has 7 heteroatoms. The number of fused-ring (bicyclic) bond motifs is 2. The average Bonchev–Trinajstić information content (AvgIpc) is 3.47. The number of aliphatic hydroxyl groups excluding tert-OH is 2. The second kappa shape index (κ2) is 16.3. The van der Waals surface area contributed by atoms with E-state index in [9.17, 15) is 25.2 Å². The SMILES string of the molecule is CCCC1C2(O)CC(O)C3(CO)C1(CCC14C#CCC(CCC5CCCCC5)CCC56C(CCC7C5C(C)(CCC7(C)C(=O)O)CCC61C)CC43C)C(Cc1ccc(CCOC)cc1)O2. The van der Waals surface area contributed by atoms with Gasteiger partial charge in [0.05, 0.1) is 30.8 Å². The fourth-order valence-corrected chi connectivity index (χ4v) is 20.7. The van der Waals surface area contributed by atoms with Gasteiger partial charge in [0.25, 0.3) is 0 Å². The molecule has 1 aromatic rings. The minimum Gasteiger partial charge on any atom is -0.481 e. The number of rotatable bonds is 12. The van der Waals surface area contributed by atoms with Gasteiger partial charge in [0, 0.05) is 42.1 Å². The zero-order chi connectivity index (χ0) is 45.9. The van der Waals surface area contributed by atoms with Crippen LogP contribution < -0.4 is 0 Å². The summed E-state index contributed by atoms with van der Waals surface area (Å²) in [7, 11) is 1.74. The second-order valence-corrected chi connectivity index (χ2v) is 25.5. The van der Waals surface area contributed by atoms with Crippen LogP contribution in [0, 0.1) is 90.7 Å². The first kappa shape index (κ1) is 46.8. The van der Waals surface area contributed by atoms with E-state index in [1.807, 2.05) is 0 Å². The molecule has 16 unspecified atom stereocenters. The highest BCUT2D eigenvalue weighted by Crippen LogP contribution is 2.90. The summed E-state index contributed by atoms with van der Waals surface area (Å²) >= 11 is 0. The summed E-state index contributed by atoms with van der Waals surface area (Å²) in [6, 6.07) is 8.82. The Bertz CT molecular complexity index is 2020. The first-order valence-corrected chi connectivity index (χ1v) is 27.0. The van der Waals surface area contributed by atoms with Crippen LogP contribution in [-0.4, -0.2) is 64.7 Å². The van der Waals surface area contributed by atoms with Crippen molar-refractivity contribution in [2.75, 3.05) is 20.3 Å². The van der Waals surface area contributed by atoms with Crippen LogP contribution in [0.25, 0.3) is 0 Å². The summed E-state index contributed by atoms with van der Waals surface area (Å²) in [5.74, 6) is 8.18. The van der Waals surface area contributed by atoms with Crippen molar-refractivity contribution in [3.8, 4) is 11.8 Å². The first-order chi connectivity index (χ1) is 31.0. The lowest BCUT2D eigenvalue weighted by Gasteiger charge is -2.84. The molecule has 4 N–H and O–H groups in total. The Morgan fingerprint density at radius 2 is 1.54 bits per heavy atom. The van der Waals surface area contributed by atoms with Crippen molar-refractivity contribution in [3.05, 3.63) is 35.4 Å². The van der Waals surface area contributed by atoms with E-state index in [-0.39, 0.29) is 53.1 Å². The number of carboxylic acids is 1. The van der Waals surface area contributed by atoms with Gasteiger partial charge in [-0.2, -0.15) is 0 Å². The predicted octanol–water partition coefficient (Wildman–Crippen LogP) is 11.3. The molecule has 4 bridgehead atoms. The van der Waals surface area contributed by atoms with Crippen molar-refractivity contribution in [3.63, 3.8) is 0 Å². The molecule has 1 saturated heterocycles. The molecule has 1 heterocycles. The zero-order valence-corrected chi connectivity index (χ0v) is 41.3. The number of hydrogen-bond donors (Lipinski definition) is 4. The normalized spacial score (nSPS) is 49.8. The molecule has 7 nitrogen and oxygen atoms in total. The summed E-state index contributed by atoms with van der Waals surface area (Å²) in [5, 5.41) is 50.3. The molecule has 10 rings (SSSR count). The highest BCUT2D eigenvalue weighted by molar-refractivity contribution is 5.75. The highest BCUT2D eigenvalue weighted by atomic mass is 16.6. The molecule has 3 spiro atoms. The van der Waals surface area contributed by atoms with E-state index in [1.165, 1.54) is 50.5 Å². The standard InChI is InChI=1S/C58H86O7/c1-7-12-45-56-33-32-54-26-11-15-40(17-16-39-13-9-8-10-14-39)24-27-55-43(22-23-44-48(55)50(2,29-31-52(54,55)4)28-30-51(44,3)49(61)62)36-53(54,5)57(56,38-59)46(60)37-58(45,63)65-47(56)35-42-20-18-41(19-21-42)25-34-64-6/h18-21,39-40,43-48,59-60,63H,7-10,12-17,22-25,27-38H2,1-6H3,(H,61,62). The molecule has 8 fully saturated rings. The maximum absolute atomic E-state index is 13.7. The van der Waals surface area contributed by atoms with Gasteiger partial charge < -0.3 is 29.9 Å². The zero-order valence-electron chi connectivity index (χ0n) is 41.3. The number of aliphatic hydroxyl groups is 3. The Morgan fingerprint density at radius 3 is 2.25 bits per heavy atom. The predicted molar refractivity (Wildman–Crippen MR) is 254 cm³/mol. The van der Waals surface area contributed by atoms with Gasteiger partial charge in [-0.15, -0.1) is 5.92 Å². The molecule has 7 saturated carbocycles. The number of ether oxygens (including phenoxy) is 2. The summed E-state index contributed by atoms with van der Waals surface area (Å²) in [5.41, 5.74) is -1.51. The Balaban J connectivity index is 1.16. The van der Waals surface area contributed by atoms with Crippen LogP contribution in [0.15, 0.2) is 24.3 Å². The van der Waals surface area contributed by atoms with Gasteiger partial charge in [0.15, 0.2) is 5.79 Å². The summed E-state index contributed by atoms with van der Waals surface area (Å²) in [4.78, 5) is 13.7. The molecule has 16 atom stereocenters. The van der Waals surface area contributed by atoms with Gasteiger partial charge in [0.2, 0.25) is 0 Å². The Morgan fingerprint density at radius 1 is 0.815 bits per heavy atom. The monoisotopic (exact) mass is 895 g/mol. The molecule has 8 aliphatic carbocycles. The highest BCUT2D eigenvalue weighted by Gasteiger charge is 2.89. The summed E-state index contributed by atoms with van der Waals surface area (Å²) in [6.07, 6.45) is 22.6. The second-order valence-electron chi connectivity index (χ2n) is 25.5. The van der Waals surface area contributed by atoms with Gasteiger partial charge >= 0.3 is 5.97 Å². The van der Waals surface area contributed by atoms with Crippen LogP contribution in [0.2, 0.25) is 0 Å². The van der Waals surface area contributed by atoms with E-state index < -0.39 is 44.9 Å². The number of carbonyl (C=O) groups is 1. The van der Waals surface area contributed by atoms with Crippen molar-refractivity contribution < 1.29 is 34.7 Å². The van der Waals surface area contributed by atoms with Crippen LogP contribution in [0.3, 0.4) is 0 Å². The third-order valence-corrected chi connectivity index (χ3v) is 23.7. The lowest BCUT2D eigenvalue weighted by atomic mass is 9.19. The molecule has 65 heavy (non-hydrogen) atoms. The molecule has 0 amide bonds. The third kappa shape index (κ3) is 6.07. The van der Waals surface area contributed by atoms with E-state index >= 15 is 0 Å². The number of carboxylic acid groups (broad SMARTS) is 1. The fourth-order valence-electron chi connectivity index (χ4n) is 20.7. The molecular formula is C58H86O7. The van der Waals surface area contributed by atoms with E-state index in [4.69, 9.17) is 9.47 Å². The van der Waals surface area contributed by atoms with Crippen LogP contribution in [0.4, 0.5) is 0 Å². The molecule has 1 aliphatic heterocycles. The number of hydrogen-bond acceptors (Lipinski definition) is 6. The van der Waals surface area contributed by atoms with Gasteiger partial charge in [0.1, 0.15) is 0 Å². The van der Waals surface area contributed by atoms with Crippen molar-refractivity contribution in [1.82, 2.24) is 0 Å². The van der Waals surface area contributed by atoms with E-state index in [0.717, 1.165) is 108 Å². The first-order valence-electron chi connectivity index (χ1n) is 27.0. The minimum absolute atomic E-state index is 0.0624. The molecule has 0 radical (unpaired) electrons. The van der Waals surface area contributed by atoms with Crippen molar-refractivity contribution >= 4 is 5.97 Å². The Labute approximate surface area is 392 Å². The topological polar surface area (TPSA) is 116 Å². The van der Waals surface area contributed by atoms with Gasteiger partial charge in [-0.3, -0.25) is 4.79 Å². The lowest BCUT2D eigenvalue weighted by molar-refractivity contribution is -0.380. The average molecular weight is 895 g/mol. The van der Waals surface area contributed by atoms with E-state index in [2.05, 4.69) is 70.7 Å². The molecule has 1 aromatic carbocycles. The van der Waals surface area contributed by atoms with Gasteiger partial charge in [-0.05, 0) is 166 Å². The summed E-state index contributed by atoms with van der Waals surface area (Å²) in [6.45, 7) is 12.5. The number of aliphatic carboxylic acids is 1. The van der Waals surface area contributed by atoms with E-state index in [1.54, 1.807) is 7.11 Å². The molecule has 9 aliphatic rings. The van der Waals surface area contributed by atoms with E-state index in [0.29, 0.717) is 24.9 Å². The number of methoxy groups -OCH3 is 1. The maximum Gasteiger partial charge on any atom is 0.309 e. The van der Waals surface area contributed by atoms with Crippen molar-refractivity contribution in [2.24, 2.45) is 78.8 Å². The molecule has 0 aromatic heterocycles. The molecular weight excluding hydrogens is 809 g/mol. The largest absolute Gasteiger partial charge is 0.481 e. The van der Waals surface area contributed by atoms with Gasteiger partial charge in [-0.25, -0.2) is 0 Å². The Hall–Kier alpha value is -1.95.